The number of fused-ring (bicyclic) bond motifs is 1. The quantitative estimate of drug-likeness (QED) is 0.814. The normalized spacial score (nSPS) is 13.2. The first-order chi connectivity index (χ1) is 10.3. The Morgan fingerprint density at radius 3 is 2.62 bits per heavy atom. The van der Waals surface area contributed by atoms with Gasteiger partial charge in [-0.05, 0) is 54.8 Å². The minimum Gasteiger partial charge on any atom is -0.493 e. The first kappa shape index (κ1) is 14.1. The molecule has 2 aromatic rings. The van der Waals surface area contributed by atoms with Crippen molar-refractivity contribution in [1.82, 2.24) is 9.88 Å². The SMILES string of the molecule is CN(CCc1ccncc1)CCc1ccc2c(c1)CCO2. The van der Waals surface area contributed by atoms with E-state index in [-0.39, 0.29) is 0 Å². The molecule has 0 radical (unpaired) electrons. The Morgan fingerprint density at radius 1 is 1.05 bits per heavy atom. The molecule has 0 amide bonds. The second-order valence-corrected chi connectivity index (χ2v) is 5.70. The second-order valence-electron chi connectivity index (χ2n) is 5.70. The van der Waals surface area contributed by atoms with Crippen LogP contribution in [0, 0.1) is 0 Å². The molecule has 0 bridgehead atoms. The zero-order chi connectivity index (χ0) is 14.5. The zero-order valence-electron chi connectivity index (χ0n) is 12.6. The van der Waals surface area contributed by atoms with Gasteiger partial charge in [0.05, 0.1) is 6.61 Å². The van der Waals surface area contributed by atoms with Crippen molar-refractivity contribution in [3.05, 3.63) is 59.4 Å². The highest BCUT2D eigenvalue weighted by Gasteiger charge is 2.12. The molecule has 1 aliphatic rings. The Kier molecular flexibility index (Phi) is 4.51. The van der Waals surface area contributed by atoms with Crippen LogP contribution in [0.4, 0.5) is 0 Å². The molecule has 0 saturated heterocycles. The molecular weight excluding hydrogens is 260 g/mol. The Hall–Kier alpha value is -1.87. The molecule has 1 aromatic heterocycles. The Balaban J connectivity index is 1.46. The van der Waals surface area contributed by atoms with Crippen LogP contribution >= 0.6 is 0 Å². The zero-order valence-corrected chi connectivity index (χ0v) is 12.6. The number of rotatable bonds is 6. The van der Waals surface area contributed by atoms with Crippen molar-refractivity contribution >= 4 is 0 Å². The lowest BCUT2D eigenvalue weighted by Crippen LogP contribution is -2.23. The standard InChI is InChI=1S/C18H22N2O/c1-20(11-6-15-4-9-19-10-5-15)12-7-16-2-3-18-17(14-16)8-13-21-18/h2-5,9-10,14H,6-8,11-13H2,1H3. The summed E-state index contributed by atoms with van der Waals surface area (Å²) in [5.74, 6) is 1.07. The number of nitrogens with zero attached hydrogens (tertiary/aromatic N) is 2. The van der Waals surface area contributed by atoms with Gasteiger partial charge in [0.2, 0.25) is 0 Å². The highest BCUT2D eigenvalue weighted by Crippen LogP contribution is 2.25. The van der Waals surface area contributed by atoms with Gasteiger partial charge in [-0.3, -0.25) is 4.98 Å². The van der Waals surface area contributed by atoms with E-state index in [9.17, 15) is 0 Å². The monoisotopic (exact) mass is 282 g/mol. The van der Waals surface area contributed by atoms with Gasteiger partial charge < -0.3 is 9.64 Å². The summed E-state index contributed by atoms with van der Waals surface area (Å²) in [5, 5.41) is 0. The van der Waals surface area contributed by atoms with Gasteiger partial charge in [0.15, 0.2) is 0 Å². The lowest BCUT2D eigenvalue weighted by atomic mass is 10.1. The van der Waals surface area contributed by atoms with Crippen LogP contribution in [-0.4, -0.2) is 36.6 Å². The van der Waals surface area contributed by atoms with Crippen LogP contribution in [0.15, 0.2) is 42.7 Å². The summed E-state index contributed by atoms with van der Waals surface area (Å²) in [6.45, 7) is 3.01. The third-order valence-electron chi connectivity index (χ3n) is 4.07. The maximum Gasteiger partial charge on any atom is 0.122 e. The fourth-order valence-electron chi connectivity index (χ4n) is 2.70. The van der Waals surface area contributed by atoms with E-state index >= 15 is 0 Å². The van der Waals surface area contributed by atoms with Gasteiger partial charge >= 0.3 is 0 Å². The Labute approximate surface area is 126 Å². The van der Waals surface area contributed by atoms with Crippen LogP contribution in [0.1, 0.15) is 16.7 Å². The number of likely N-dealkylation sites (N-methyl/N-ethyl adjacent to an activating group) is 1. The van der Waals surface area contributed by atoms with Gasteiger partial charge in [-0.2, -0.15) is 0 Å². The van der Waals surface area contributed by atoms with Gasteiger partial charge in [0.1, 0.15) is 5.75 Å². The number of hydrogen-bond acceptors (Lipinski definition) is 3. The second kappa shape index (κ2) is 6.72. The first-order valence-electron chi connectivity index (χ1n) is 7.63. The summed E-state index contributed by atoms with van der Waals surface area (Å²) in [7, 11) is 2.19. The van der Waals surface area contributed by atoms with E-state index in [0.717, 1.165) is 44.7 Å². The van der Waals surface area contributed by atoms with Gasteiger partial charge in [0.25, 0.3) is 0 Å². The summed E-state index contributed by atoms with van der Waals surface area (Å²) in [6, 6.07) is 10.8. The highest BCUT2D eigenvalue weighted by atomic mass is 16.5. The minimum atomic E-state index is 0.838. The average molecular weight is 282 g/mol. The van der Waals surface area contributed by atoms with E-state index in [4.69, 9.17) is 4.74 Å². The number of ether oxygens (including phenoxy) is 1. The predicted molar refractivity (Wildman–Crippen MR) is 84.8 cm³/mol. The van der Waals surface area contributed by atoms with E-state index in [1.165, 1.54) is 16.7 Å². The van der Waals surface area contributed by atoms with Crippen molar-refractivity contribution in [3.63, 3.8) is 0 Å². The first-order valence-corrected chi connectivity index (χ1v) is 7.63. The Bertz CT molecular complexity index is 583. The topological polar surface area (TPSA) is 25.4 Å². The molecule has 3 rings (SSSR count). The van der Waals surface area contributed by atoms with Gasteiger partial charge in [-0.25, -0.2) is 0 Å². The fraction of sp³-hybridized carbons (Fsp3) is 0.389. The van der Waals surface area contributed by atoms with Crippen molar-refractivity contribution < 1.29 is 4.74 Å². The van der Waals surface area contributed by atoms with E-state index in [0.29, 0.717) is 0 Å². The predicted octanol–water partition coefficient (Wildman–Crippen LogP) is 2.73. The van der Waals surface area contributed by atoms with Gasteiger partial charge in [-0.1, -0.05) is 12.1 Å². The number of aromatic nitrogens is 1. The maximum atomic E-state index is 5.55. The molecular formula is C18H22N2O. The molecule has 0 spiro atoms. The molecule has 0 aliphatic carbocycles. The minimum absolute atomic E-state index is 0.838. The molecule has 1 aliphatic heterocycles. The van der Waals surface area contributed by atoms with Crippen LogP contribution in [0.5, 0.6) is 5.75 Å². The number of hydrogen-bond donors (Lipinski definition) is 0. The molecule has 0 atom stereocenters. The molecule has 21 heavy (non-hydrogen) atoms. The van der Waals surface area contributed by atoms with Gasteiger partial charge in [-0.15, -0.1) is 0 Å². The molecule has 3 nitrogen and oxygen atoms in total. The highest BCUT2D eigenvalue weighted by molar-refractivity contribution is 5.39. The molecule has 0 fully saturated rings. The smallest absolute Gasteiger partial charge is 0.122 e. The van der Waals surface area contributed by atoms with Crippen LogP contribution in [0.2, 0.25) is 0 Å². The largest absolute Gasteiger partial charge is 0.493 e. The van der Waals surface area contributed by atoms with E-state index in [1.807, 2.05) is 12.4 Å². The molecule has 0 N–H and O–H groups in total. The van der Waals surface area contributed by atoms with Gasteiger partial charge in [0, 0.05) is 31.9 Å². The molecule has 3 heteroatoms. The number of benzene rings is 1. The summed E-state index contributed by atoms with van der Waals surface area (Å²) >= 11 is 0. The van der Waals surface area contributed by atoms with Crippen LogP contribution in [-0.2, 0) is 19.3 Å². The summed E-state index contributed by atoms with van der Waals surface area (Å²) in [6.07, 6.45) is 6.96. The third-order valence-corrected chi connectivity index (χ3v) is 4.07. The van der Waals surface area contributed by atoms with Crippen molar-refractivity contribution in [3.8, 4) is 5.75 Å². The van der Waals surface area contributed by atoms with Crippen molar-refractivity contribution in [2.75, 3.05) is 26.7 Å². The van der Waals surface area contributed by atoms with Crippen LogP contribution in [0.3, 0.4) is 0 Å². The maximum absolute atomic E-state index is 5.55. The summed E-state index contributed by atoms with van der Waals surface area (Å²) < 4.78 is 5.55. The third kappa shape index (κ3) is 3.82. The molecule has 0 saturated carbocycles. The molecule has 110 valence electrons. The summed E-state index contributed by atoms with van der Waals surface area (Å²) in [5.41, 5.74) is 4.13. The lowest BCUT2D eigenvalue weighted by Gasteiger charge is -2.16. The van der Waals surface area contributed by atoms with E-state index in [1.54, 1.807) is 0 Å². The molecule has 2 heterocycles. The van der Waals surface area contributed by atoms with E-state index < -0.39 is 0 Å². The fourth-order valence-corrected chi connectivity index (χ4v) is 2.70. The van der Waals surface area contributed by atoms with Crippen LogP contribution in [0.25, 0.3) is 0 Å². The summed E-state index contributed by atoms with van der Waals surface area (Å²) in [4.78, 5) is 6.45. The average Bonchev–Trinajstić information content (AvgIpc) is 2.99. The van der Waals surface area contributed by atoms with Crippen LogP contribution < -0.4 is 4.74 Å². The van der Waals surface area contributed by atoms with Crippen molar-refractivity contribution in [1.29, 1.82) is 0 Å². The van der Waals surface area contributed by atoms with Crippen molar-refractivity contribution in [2.45, 2.75) is 19.3 Å². The number of pyridine rings is 1. The Morgan fingerprint density at radius 2 is 1.81 bits per heavy atom. The molecule has 0 unspecified atom stereocenters. The lowest BCUT2D eigenvalue weighted by molar-refractivity contribution is 0.342. The van der Waals surface area contributed by atoms with E-state index in [2.05, 4.69) is 47.3 Å². The molecule has 1 aromatic carbocycles. The van der Waals surface area contributed by atoms with Crippen molar-refractivity contribution in [2.24, 2.45) is 0 Å².